The average molecular weight is 273 g/mol. The van der Waals surface area contributed by atoms with E-state index in [1.54, 1.807) is 17.5 Å². The second-order valence-electron chi connectivity index (χ2n) is 4.85. The normalized spacial score (nSPS) is 19.4. The Labute approximate surface area is 113 Å². The Hall–Kier alpha value is -0.120. The first-order valence-electron chi connectivity index (χ1n) is 6.63. The van der Waals surface area contributed by atoms with E-state index in [9.17, 15) is 0 Å². The first kappa shape index (κ1) is 13.3. The highest BCUT2D eigenvalue weighted by Gasteiger charge is 2.21. The standard InChI is InChI=1S/C13H21ClN2S/c1-2-11(10-6-4-3-5-7-10)15-9-13-16-8-12(14)17-13/h8,10-11,15H,2-7,9H2,1H3. The molecule has 0 aliphatic heterocycles. The summed E-state index contributed by atoms with van der Waals surface area (Å²) in [5, 5.41) is 4.76. The van der Waals surface area contributed by atoms with Crippen LogP contribution in [0.2, 0.25) is 4.34 Å². The number of hydrogen-bond donors (Lipinski definition) is 1. The van der Waals surface area contributed by atoms with Crippen molar-refractivity contribution in [3.63, 3.8) is 0 Å². The average Bonchev–Trinajstić information content (AvgIpc) is 2.77. The summed E-state index contributed by atoms with van der Waals surface area (Å²) in [7, 11) is 0. The highest BCUT2D eigenvalue weighted by atomic mass is 35.5. The summed E-state index contributed by atoms with van der Waals surface area (Å²) in [5.41, 5.74) is 0. The molecule has 1 aromatic rings. The SMILES string of the molecule is CCC(NCc1ncc(Cl)s1)C1CCCCC1. The van der Waals surface area contributed by atoms with Crippen molar-refractivity contribution in [2.45, 2.75) is 58.0 Å². The maximum Gasteiger partial charge on any atom is 0.113 e. The Morgan fingerprint density at radius 3 is 2.82 bits per heavy atom. The van der Waals surface area contributed by atoms with Gasteiger partial charge in [-0.25, -0.2) is 4.98 Å². The summed E-state index contributed by atoms with van der Waals surface area (Å²) in [6.45, 7) is 3.15. The van der Waals surface area contributed by atoms with E-state index in [1.165, 1.54) is 38.5 Å². The van der Waals surface area contributed by atoms with Gasteiger partial charge in [-0.15, -0.1) is 11.3 Å². The number of nitrogens with one attached hydrogen (secondary N) is 1. The van der Waals surface area contributed by atoms with Gasteiger partial charge in [-0.2, -0.15) is 0 Å². The lowest BCUT2D eigenvalue weighted by Gasteiger charge is -2.30. The second kappa shape index (κ2) is 6.72. The fraction of sp³-hybridized carbons (Fsp3) is 0.769. The van der Waals surface area contributed by atoms with E-state index in [1.807, 2.05) is 0 Å². The fourth-order valence-corrected chi connectivity index (χ4v) is 3.68. The molecule has 1 fully saturated rings. The molecule has 1 aliphatic rings. The molecule has 1 aromatic heterocycles. The van der Waals surface area contributed by atoms with E-state index in [2.05, 4.69) is 17.2 Å². The number of hydrogen-bond acceptors (Lipinski definition) is 3. The number of aromatic nitrogens is 1. The molecule has 0 spiro atoms. The van der Waals surface area contributed by atoms with Crippen LogP contribution in [0, 0.1) is 5.92 Å². The molecule has 0 radical (unpaired) electrons. The molecule has 1 saturated carbocycles. The van der Waals surface area contributed by atoms with Crippen molar-refractivity contribution in [2.24, 2.45) is 5.92 Å². The highest BCUT2D eigenvalue weighted by molar-refractivity contribution is 7.15. The molecule has 17 heavy (non-hydrogen) atoms. The molecule has 0 aromatic carbocycles. The van der Waals surface area contributed by atoms with Gasteiger partial charge in [0.05, 0.1) is 6.20 Å². The van der Waals surface area contributed by atoms with Crippen molar-refractivity contribution in [1.82, 2.24) is 10.3 Å². The first-order valence-corrected chi connectivity index (χ1v) is 7.82. The van der Waals surface area contributed by atoms with Crippen LogP contribution in [-0.4, -0.2) is 11.0 Å². The molecule has 2 rings (SSSR count). The van der Waals surface area contributed by atoms with Crippen LogP contribution in [0.4, 0.5) is 0 Å². The molecule has 0 amide bonds. The lowest BCUT2D eigenvalue weighted by molar-refractivity contribution is 0.261. The summed E-state index contributed by atoms with van der Waals surface area (Å²) in [6.07, 6.45) is 9.98. The van der Waals surface area contributed by atoms with Crippen LogP contribution in [0.5, 0.6) is 0 Å². The van der Waals surface area contributed by atoms with Gasteiger partial charge >= 0.3 is 0 Å². The predicted molar refractivity (Wildman–Crippen MR) is 74.6 cm³/mol. The Morgan fingerprint density at radius 1 is 1.47 bits per heavy atom. The van der Waals surface area contributed by atoms with Crippen molar-refractivity contribution in [2.75, 3.05) is 0 Å². The molecular weight excluding hydrogens is 252 g/mol. The van der Waals surface area contributed by atoms with Gasteiger partial charge in [0.1, 0.15) is 9.34 Å². The zero-order valence-corrected chi connectivity index (χ0v) is 12.0. The minimum Gasteiger partial charge on any atom is -0.307 e. The lowest BCUT2D eigenvalue weighted by atomic mass is 9.83. The summed E-state index contributed by atoms with van der Waals surface area (Å²) in [6, 6.07) is 0.651. The third-order valence-corrected chi connectivity index (χ3v) is 4.81. The van der Waals surface area contributed by atoms with Crippen LogP contribution in [0.15, 0.2) is 6.20 Å². The van der Waals surface area contributed by atoms with Crippen LogP contribution in [0.25, 0.3) is 0 Å². The van der Waals surface area contributed by atoms with Crippen LogP contribution in [0.1, 0.15) is 50.5 Å². The summed E-state index contributed by atoms with van der Waals surface area (Å²) in [5.74, 6) is 0.865. The summed E-state index contributed by atoms with van der Waals surface area (Å²) in [4.78, 5) is 4.29. The molecule has 4 heteroatoms. The van der Waals surface area contributed by atoms with E-state index < -0.39 is 0 Å². The van der Waals surface area contributed by atoms with Crippen LogP contribution < -0.4 is 5.32 Å². The van der Waals surface area contributed by atoms with E-state index in [0.29, 0.717) is 6.04 Å². The summed E-state index contributed by atoms with van der Waals surface area (Å²) < 4.78 is 0.785. The molecule has 0 saturated heterocycles. The molecule has 0 bridgehead atoms. The Kier molecular flexibility index (Phi) is 5.26. The predicted octanol–water partition coefficient (Wildman–Crippen LogP) is 4.25. The number of nitrogens with zero attached hydrogens (tertiary/aromatic N) is 1. The number of halogens is 1. The highest BCUT2D eigenvalue weighted by Crippen LogP contribution is 2.28. The smallest absolute Gasteiger partial charge is 0.113 e. The minimum absolute atomic E-state index is 0.651. The Morgan fingerprint density at radius 2 is 2.24 bits per heavy atom. The minimum atomic E-state index is 0.651. The lowest BCUT2D eigenvalue weighted by Crippen LogP contribution is -2.36. The van der Waals surface area contributed by atoms with Crippen LogP contribution >= 0.6 is 22.9 Å². The summed E-state index contributed by atoms with van der Waals surface area (Å²) >= 11 is 7.47. The third kappa shape index (κ3) is 3.94. The third-order valence-electron chi connectivity index (χ3n) is 3.70. The van der Waals surface area contributed by atoms with Crippen molar-refractivity contribution >= 4 is 22.9 Å². The van der Waals surface area contributed by atoms with Gasteiger partial charge in [-0.1, -0.05) is 37.8 Å². The molecule has 1 unspecified atom stereocenters. The van der Waals surface area contributed by atoms with Gasteiger partial charge in [0.25, 0.3) is 0 Å². The maximum atomic E-state index is 5.89. The van der Waals surface area contributed by atoms with Crippen LogP contribution in [0.3, 0.4) is 0 Å². The molecule has 1 N–H and O–H groups in total. The molecule has 1 aliphatic carbocycles. The molecule has 96 valence electrons. The van der Waals surface area contributed by atoms with E-state index in [0.717, 1.165) is 21.8 Å². The Balaban J connectivity index is 1.82. The van der Waals surface area contributed by atoms with Gasteiger partial charge in [-0.05, 0) is 25.2 Å². The van der Waals surface area contributed by atoms with E-state index in [-0.39, 0.29) is 0 Å². The maximum absolute atomic E-state index is 5.89. The van der Waals surface area contributed by atoms with Crippen molar-refractivity contribution in [3.05, 3.63) is 15.5 Å². The van der Waals surface area contributed by atoms with E-state index in [4.69, 9.17) is 11.6 Å². The topological polar surface area (TPSA) is 24.9 Å². The second-order valence-corrected chi connectivity index (χ2v) is 6.60. The zero-order chi connectivity index (χ0) is 12.1. The monoisotopic (exact) mass is 272 g/mol. The molecule has 1 heterocycles. The molecular formula is C13H21ClN2S. The largest absolute Gasteiger partial charge is 0.307 e. The van der Waals surface area contributed by atoms with Crippen LogP contribution in [-0.2, 0) is 6.54 Å². The number of thiazole rings is 1. The number of rotatable bonds is 5. The fourth-order valence-electron chi connectivity index (χ4n) is 2.77. The van der Waals surface area contributed by atoms with Gasteiger partial charge in [0.2, 0.25) is 0 Å². The molecule has 1 atom stereocenters. The van der Waals surface area contributed by atoms with Gasteiger partial charge in [0.15, 0.2) is 0 Å². The van der Waals surface area contributed by atoms with E-state index >= 15 is 0 Å². The first-order chi connectivity index (χ1) is 8.29. The van der Waals surface area contributed by atoms with Crippen molar-refractivity contribution < 1.29 is 0 Å². The van der Waals surface area contributed by atoms with Crippen molar-refractivity contribution in [1.29, 1.82) is 0 Å². The molecule has 2 nitrogen and oxygen atoms in total. The quantitative estimate of drug-likeness (QED) is 0.867. The van der Waals surface area contributed by atoms with Gasteiger partial charge in [-0.3, -0.25) is 0 Å². The zero-order valence-electron chi connectivity index (χ0n) is 10.4. The van der Waals surface area contributed by atoms with Crippen molar-refractivity contribution in [3.8, 4) is 0 Å². The van der Waals surface area contributed by atoms with Gasteiger partial charge in [0, 0.05) is 12.6 Å². The van der Waals surface area contributed by atoms with Gasteiger partial charge < -0.3 is 5.32 Å². The Bertz CT molecular complexity index is 334.